The SMILES string of the molecule is N#Cc1ccccc1NC(=O)CSc1nc2cc(Cl)ccc2o1. The number of carbonyl (C=O) groups is 1. The maximum Gasteiger partial charge on any atom is 0.257 e. The minimum Gasteiger partial charge on any atom is -0.431 e. The molecule has 0 fully saturated rings. The summed E-state index contributed by atoms with van der Waals surface area (Å²) in [5, 5.41) is 12.7. The van der Waals surface area contributed by atoms with E-state index in [4.69, 9.17) is 21.3 Å². The summed E-state index contributed by atoms with van der Waals surface area (Å²) in [6.45, 7) is 0. The third kappa shape index (κ3) is 3.65. The normalized spacial score (nSPS) is 10.4. The van der Waals surface area contributed by atoms with Gasteiger partial charge in [-0.15, -0.1) is 0 Å². The molecule has 7 heteroatoms. The number of aromatic nitrogens is 1. The molecule has 0 spiro atoms. The predicted molar refractivity (Wildman–Crippen MR) is 89.5 cm³/mol. The molecule has 23 heavy (non-hydrogen) atoms. The van der Waals surface area contributed by atoms with Gasteiger partial charge in [-0.05, 0) is 30.3 Å². The molecule has 1 N–H and O–H groups in total. The Morgan fingerprint density at radius 3 is 3.00 bits per heavy atom. The maximum atomic E-state index is 12.0. The first-order valence-corrected chi connectivity index (χ1v) is 8.00. The van der Waals surface area contributed by atoms with E-state index in [9.17, 15) is 4.79 Å². The molecule has 0 saturated heterocycles. The Kier molecular flexibility index (Phi) is 4.51. The molecule has 1 aromatic heterocycles. The lowest BCUT2D eigenvalue weighted by Crippen LogP contribution is -2.14. The molecule has 5 nitrogen and oxygen atoms in total. The number of para-hydroxylation sites is 1. The Hall–Kier alpha value is -2.49. The van der Waals surface area contributed by atoms with E-state index >= 15 is 0 Å². The van der Waals surface area contributed by atoms with E-state index < -0.39 is 0 Å². The lowest BCUT2D eigenvalue weighted by Gasteiger charge is -2.05. The Morgan fingerprint density at radius 1 is 1.35 bits per heavy atom. The fourth-order valence-corrected chi connectivity index (χ4v) is 2.75. The van der Waals surface area contributed by atoms with Crippen LogP contribution in [0.4, 0.5) is 5.69 Å². The van der Waals surface area contributed by atoms with Crippen molar-refractivity contribution in [2.45, 2.75) is 5.22 Å². The van der Waals surface area contributed by atoms with Crippen molar-refractivity contribution in [2.24, 2.45) is 0 Å². The van der Waals surface area contributed by atoms with Crippen molar-refractivity contribution >= 4 is 46.1 Å². The van der Waals surface area contributed by atoms with Crippen molar-refractivity contribution in [3.63, 3.8) is 0 Å². The fraction of sp³-hybridized carbons (Fsp3) is 0.0625. The Labute approximate surface area is 141 Å². The van der Waals surface area contributed by atoms with Crippen molar-refractivity contribution in [2.75, 3.05) is 11.1 Å². The minimum absolute atomic E-state index is 0.125. The smallest absolute Gasteiger partial charge is 0.257 e. The van der Waals surface area contributed by atoms with E-state index in [2.05, 4.69) is 10.3 Å². The van der Waals surface area contributed by atoms with Crippen LogP contribution in [0.2, 0.25) is 5.02 Å². The van der Waals surface area contributed by atoms with Crippen LogP contribution >= 0.6 is 23.4 Å². The monoisotopic (exact) mass is 343 g/mol. The zero-order chi connectivity index (χ0) is 16.2. The van der Waals surface area contributed by atoms with Crippen molar-refractivity contribution in [3.8, 4) is 6.07 Å². The lowest BCUT2D eigenvalue weighted by molar-refractivity contribution is -0.113. The Balaban J connectivity index is 1.65. The second-order valence-corrected chi connectivity index (χ2v) is 5.95. The predicted octanol–water partition coefficient (Wildman–Crippen LogP) is 4.08. The van der Waals surface area contributed by atoms with Crippen LogP contribution in [0.15, 0.2) is 52.1 Å². The van der Waals surface area contributed by atoms with Crippen LogP contribution < -0.4 is 5.32 Å². The zero-order valence-corrected chi connectivity index (χ0v) is 13.3. The molecule has 1 amide bonds. The number of thioether (sulfide) groups is 1. The second-order valence-electron chi connectivity index (χ2n) is 4.59. The van der Waals surface area contributed by atoms with E-state index in [-0.39, 0.29) is 11.7 Å². The third-order valence-corrected chi connectivity index (χ3v) is 4.04. The number of anilines is 1. The van der Waals surface area contributed by atoms with Crippen LogP contribution in [-0.2, 0) is 4.79 Å². The number of halogens is 1. The van der Waals surface area contributed by atoms with Gasteiger partial charge in [-0.2, -0.15) is 5.26 Å². The van der Waals surface area contributed by atoms with Gasteiger partial charge in [0, 0.05) is 5.02 Å². The minimum atomic E-state index is -0.238. The van der Waals surface area contributed by atoms with Crippen LogP contribution in [0.1, 0.15) is 5.56 Å². The van der Waals surface area contributed by atoms with Crippen LogP contribution in [0.5, 0.6) is 0 Å². The third-order valence-electron chi connectivity index (χ3n) is 2.98. The maximum absolute atomic E-state index is 12.0. The molecule has 0 bridgehead atoms. The van der Waals surface area contributed by atoms with Crippen molar-refractivity contribution in [3.05, 3.63) is 53.1 Å². The summed E-state index contributed by atoms with van der Waals surface area (Å²) in [6.07, 6.45) is 0. The summed E-state index contributed by atoms with van der Waals surface area (Å²) in [5.74, 6) is -0.113. The first kappa shape index (κ1) is 15.4. The molecule has 0 saturated carbocycles. The fourth-order valence-electron chi connectivity index (χ4n) is 1.94. The summed E-state index contributed by atoms with van der Waals surface area (Å²) in [6, 6.07) is 14.0. The summed E-state index contributed by atoms with van der Waals surface area (Å²) in [7, 11) is 0. The van der Waals surface area contributed by atoms with Gasteiger partial charge in [0.1, 0.15) is 11.6 Å². The van der Waals surface area contributed by atoms with Gasteiger partial charge in [0.05, 0.1) is 17.0 Å². The number of carbonyl (C=O) groups excluding carboxylic acids is 1. The van der Waals surface area contributed by atoms with Crippen molar-refractivity contribution in [1.29, 1.82) is 5.26 Å². The number of hydrogen-bond donors (Lipinski definition) is 1. The molecule has 0 atom stereocenters. The number of fused-ring (bicyclic) bond motifs is 1. The molecule has 0 aliphatic carbocycles. The Bertz CT molecular complexity index is 917. The van der Waals surface area contributed by atoms with E-state index in [1.54, 1.807) is 42.5 Å². The number of rotatable bonds is 4. The van der Waals surface area contributed by atoms with Crippen LogP contribution in [-0.4, -0.2) is 16.6 Å². The highest BCUT2D eigenvalue weighted by molar-refractivity contribution is 7.99. The lowest BCUT2D eigenvalue weighted by atomic mass is 10.2. The first-order chi connectivity index (χ1) is 11.2. The molecule has 114 valence electrons. The average molecular weight is 344 g/mol. The highest BCUT2D eigenvalue weighted by Gasteiger charge is 2.11. The van der Waals surface area contributed by atoms with Gasteiger partial charge >= 0.3 is 0 Å². The van der Waals surface area contributed by atoms with Crippen molar-refractivity contribution < 1.29 is 9.21 Å². The summed E-state index contributed by atoms with van der Waals surface area (Å²) in [4.78, 5) is 16.3. The van der Waals surface area contributed by atoms with E-state index in [0.29, 0.717) is 32.6 Å². The van der Waals surface area contributed by atoms with Crippen LogP contribution in [0.3, 0.4) is 0 Å². The van der Waals surface area contributed by atoms with E-state index in [1.807, 2.05) is 6.07 Å². The topological polar surface area (TPSA) is 78.9 Å². The van der Waals surface area contributed by atoms with Crippen molar-refractivity contribution in [1.82, 2.24) is 4.98 Å². The summed E-state index contributed by atoms with van der Waals surface area (Å²) in [5.41, 5.74) is 2.18. The highest BCUT2D eigenvalue weighted by Crippen LogP contribution is 2.25. The summed E-state index contributed by atoms with van der Waals surface area (Å²) >= 11 is 7.07. The molecule has 0 unspecified atom stereocenters. The molecule has 3 aromatic rings. The number of oxazole rings is 1. The molecule has 0 aliphatic rings. The van der Waals surface area contributed by atoms with Gasteiger partial charge in [-0.1, -0.05) is 35.5 Å². The highest BCUT2D eigenvalue weighted by atomic mass is 35.5. The molecular weight excluding hydrogens is 334 g/mol. The summed E-state index contributed by atoms with van der Waals surface area (Å²) < 4.78 is 5.53. The van der Waals surface area contributed by atoms with E-state index in [1.165, 1.54) is 11.8 Å². The van der Waals surface area contributed by atoms with Gasteiger partial charge in [-0.3, -0.25) is 4.79 Å². The largest absolute Gasteiger partial charge is 0.431 e. The number of amides is 1. The molecule has 2 aromatic carbocycles. The Morgan fingerprint density at radius 2 is 2.17 bits per heavy atom. The first-order valence-electron chi connectivity index (χ1n) is 6.63. The number of nitrogens with zero attached hydrogens (tertiary/aromatic N) is 2. The molecular formula is C16H10ClN3O2S. The van der Waals surface area contributed by atoms with Gasteiger partial charge in [0.15, 0.2) is 5.58 Å². The van der Waals surface area contributed by atoms with Crippen LogP contribution in [0, 0.1) is 11.3 Å². The zero-order valence-electron chi connectivity index (χ0n) is 11.7. The molecule has 1 heterocycles. The van der Waals surface area contributed by atoms with Gasteiger partial charge in [0.25, 0.3) is 5.22 Å². The van der Waals surface area contributed by atoms with Gasteiger partial charge < -0.3 is 9.73 Å². The molecule has 0 aliphatic heterocycles. The molecule has 3 rings (SSSR count). The van der Waals surface area contributed by atoms with Gasteiger partial charge in [0.2, 0.25) is 5.91 Å². The standard InChI is InChI=1S/C16H10ClN3O2S/c17-11-5-6-14-13(7-11)20-16(22-14)23-9-15(21)19-12-4-2-1-3-10(12)8-18/h1-7H,9H2,(H,19,21). The van der Waals surface area contributed by atoms with Gasteiger partial charge in [-0.25, -0.2) is 4.98 Å². The number of benzene rings is 2. The number of hydrogen-bond acceptors (Lipinski definition) is 5. The number of nitrogens with one attached hydrogen (secondary N) is 1. The average Bonchev–Trinajstić information content (AvgIpc) is 2.95. The second kappa shape index (κ2) is 6.73. The van der Waals surface area contributed by atoms with E-state index in [0.717, 1.165) is 0 Å². The number of nitriles is 1. The quantitative estimate of drug-likeness (QED) is 0.722. The molecule has 0 radical (unpaired) electrons. The van der Waals surface area contributed by atoms with Crippen LogP contribution in [0.25, 0.3) is 11.1 Å².